The van der Waals surface area contributed by atoms with Gasteiger partial charge in [-0.1, -0.05) is 26.8 Å². The minimum atomic E-state index is -1.03. The molecule has 0 saturated carbocycles. The van der Waals surface area contributed by atoms with Gasteiger partial charge in [-0.3, -0.25) is 9.88 Å². The van der Waals surface area contributed by atoms with Gasteiger partial charge in [0.2, 0.25) is 0 Å². The first-order chi connectivity index (χ1) is 8.38. The molecular formula is C13H20N2O3. The summed E-state index contributed by atoms with van der Waals surface area (Å²) < 4.78 is 0. The number of hydrogen-bond donors (Lipinski definition) is 2. The van der Waals surface area contributed by atoms with Crippen molar-refractivity contribution < 1.29 is 15.0 Å². The van der Waals surface area contributed by atoms with Crippen LogP contribution < -0.4 is 0 Å². The molecule has 0 bridgehead atoms. The highest BCUT2D eigenvalue weighted by atomic mass is 16.4. The number of hydrogen-bond acceptors (Lipinski definition) is 3. The van der Waals surface area contributed by atoms with E-state index in [1.807, 2.05) is 26.8 Å². The van der Waals surface area contributed by atoms with Crippen molar-refractivity contribution in [2.24, 2.45) is 5.41 Å². The highest BCUT2D eigenvalue weighted by Crippen LogP contribution is 2.37. The van der Waals surface area contributed by atoms with Gasteiger partial charge in [0.15, 0.2) is 0 Å². The Morgan fingerprint density at radius 2 is 2.17 bits per heavy atom. The van der Waals surface area contributed by atoms with E-state index in [0.29, 0.717) is 0 Å². The lowest BCUT2D eigenvalue weighted by Crippen LogP contribution is -2.42. The Kier molecular flexibility index (Phi) is 4.67. The average Bonchev–Trinajstić information content (AvgIpc) is 2.28. The Hall–Kier alpha value is -1.62. The summed E-state index contributed by atoms with van der Waals surface area (Å²) in [5.74, 6) is 0. The molecular weight excluding hydrogens is 232 g/mol. The summed E-state index contributed by atoms with van der Waals surface area (Å²) in [5, 5.41) is 18.3. The third kappa shape index (κ3) is 3.43. The molecule has 100 valence electrons. The van der Waals surface area contributed by atoms with E-state index in [2.05, 4.69) is 4.98 Å². The van der Waals surface area contributed by atoms with Gasteiger partial charge in [0.1, 0.15) is 0 Å². The largest absolute Gasteiger partial charge is 0.465 e. The molecule has 1 aromatic rings. The number of carbonyl (C=O) groups is 1. The third-order valence-corrected chi connectivity index (χ3v) is 2.72. The lowest BCUT2D eigenvalue weighted by atomic mass is 9.82. The fraction of sp³-hybridized carbons (Fsp3) is 0.538. The van der Waals surface area contributed by atoms with Crippen LogP contribution in [0.5, 0.6) is 0 Å². The Morgan fingerprint density at radius 3 is 2.56 bits per heavy atom. The highest BCUT2D eigenvalue weighted by Gasteiger charge is 2.34. The first kappa shape index (κ1) is 14.4. The maximum Gasteiger partial charge on any atom is 0.407 e. The van der Waals surface area contributed by atoms with Gasteiger partial charge >= 0.3 is 6.09 Å². The van der Waals surface area contributed by atoms with E-state index in [9.17, 15) is 9.90 Å². The summed E-state index contributed by atoms with van der Waals surface area (Å²) >= 11 is 0. The van der Waals surface area contributed by atoms with Crippen molar-refractivity contribution in [3.05, 3.63) is 30.1 Å². The van der Waals surface area contributed by atoms with Gasteiger partial charge in [0.05, 0.1) is 12.6 Å². The Labute approximate surface area is 107 Å². The molecule has 1 unspecified atom stereocenters. The zero-order chi connectivity index (χ0) is 13.8. The van der Waals surface area contributed by atoms with Crippen molar-refractivity contribution in [2.45, 2.75) is 26.8 Å². The van der Waals surface area contributed by atoms with Crippen LogP contribution in [-0.4, -0.2) is 39.3 Å². The van der Waals surface area contributed by atoms with E-state index in [0.717, 1.165) is 5.56 Å². The van der Waals surface area contributed by atoms with E-state index in [1.54, 1.807) is 18.5 Å². The number of aliphatic hydroxyl groups is 1. The maximum atomic E-state index is 11.3. The minimum Gasteiger partial charge on any atom is -0.465 e. The molecule has 1 heterocycles. The van der Waals surface area contributed by atoms with E-state index >= 15 is 0 Å². The van der Waals surface area contributed by atoms with Crippen molar-refractivity contribution in [3.8, 4) is 0 Å². The molecule has 0 spiro atoms. The van der Waals surface area contributed by atoms with Crippen molar-refractivity contribution in [1.82, 2.24) is 9.88 Å². The number of pyridine rings is 1. The van der Waals surface area contributed by atoms with Gasteiger partial charge in [0.25, 0.3) is 0 Å². The second-order valence-corrected chi connectivity index (χ2v) is 5.25. The van der Waals surface area contributed by atoms with Crippen molar-refractivity contribution in [2.75, 3.05) is 13.2 Å². The lowest BCUT2D eigenvalue weighted by molar-refractivity contribution is 0.0693. The molecule has 5 nitrogen and oxygen atoms in total. The molecule has 5 heteroatoms. The number of nitrogens with zero attached hydrogens (tertiary/aromatic N) is 2. The van der Waals surface area contributed by atoms with Gasteiger partial charge in [-0.05, 0) is 17.0 Å². The maximum absolute atomic E-state index is 11.3. The molecule has 2 N–H and O–H groups in total. The van der Waals surface area contributed by atoms with Gasteiger partial charge < -0.3 is 10.2 Å². The van der Waals surface area contributed by atoms with E-state index in [4.69, 9.17) is 5.11 Å². The summed E-state index contributed by atoms with van der Waals surface area (Å²) in [5.41, 5.74) is 0.553. The fourth-order valence-electron chi connectivity index (χ4n) is 2.13. The summed E-state index contributed by atoms with van der Waals surface area (Å²) in [4.78, 5) is 16.6. The lowest BCUT2D eigenvalue weighted by Gasteiger charge is -2.38. The number of aromatic nitrogens is 1. The van der Waals surface area contributed by atoms with Crippen LogP contribution in [0.25, 0.3) is 0 Å². The second kappa shape index (κ2) is 5.82. The quantitative estimate of drug-likeness (QED) is 0.861. The number of aliphatic hydroxyl groups excluding tert-OH is 1. The standard InChI is InChI=1S/C13H20N2O3/c1-13(2,3)11(10-5-4-6-14-9-10)15(7-8-16)12(17)18/h4-6,9,11,16H,7-8H2,1-3H3,(H,17,18). The number of rotatable bonds is 4. The summed E-state index contributed by atoms with van der Waals surface area (Å²) in [6.07, 6.45) is 2.29. The van der Waals surface area contributed by atoms with Crippen molar-refractivity contribution in [3.63, 3.8) is 0 Å². The molecule has 0 aliphatic carbocycles. The average molecular weight is 252 g/mol. The highest BCUT2D eigenvalue weighted by molar-refractivity contribution is 5.66. The number of amides is 1. The molecule has 0 aliphatic heterocycles. The molecule has 0 aliphatic rings. The van der Waals surface area contributed by atoms with Crippen LogP contribution in [0.2, 0.25) is 0 Å². The summed E-state index contributed by atoms with van der Waals surface area (Å²) in [6.45, 7) is 5.80. The van der Waals surface area contributed by atoms with Crippen LogP contribution in [0, 0.1) is 5.41 Å². The molecule has 0 saturated heterocycles. The third-order valence-electron chi connectivity index (χ3n) is 2.72. The van der Waals surface area contributed by atoms with Crippen molar-refractivity contribution in [1.29, 1.82) is 0 Å². The van der Waals surface area contributed by atoms with Crippen molar-refractivity contribution >= 4 is 6.09 Å². The minimum absolute atomic E-state index is 0.0894. The smallest absolute Gasteiger partial charge is 0.407 e. The Balaban J connectivity index is 3.16. The summed E-state index contributed by atoms with van der Waals surface area (Å²) in [7, 11) is 0. The molecule has 0 fully saturated rings. The molecule has 1 amide bonds. The van der Waals surface area contributed by atoms with Gasteiger partial charge in [0, 0.05) is 18.9 Å². The van der Waals surface area contributed by atoms with Crippen LogP contribution >= 0.6 is 0 Å². The monoisotopic (exact) mass is 252 g/mol. The van der Waals surface area contributed by atoms with E-state index in [-0.39, 0.29) is 24.6 Å². The SMILES string of the molecule is CC(C)(C)C(c1cccnc1)N(CCO)C(=O)O. The molecule has 0 aromatic carbocycles. The van der Waals surface area contributed by atoms with Gasteiger partial charge in [-0.2, -0.15) is 0 Å². The second-order valence-electron chi connectivity index (χ2n) is 5.25. The normalized spacial score (nSPS) is 13.1. The Morgan fingerprint density at radius 1 is 1.50 bits per heavy atom. The van der Waals surface area contributed by atoms with Gasteiger partial charge in [-0.15, -0.1) is 0 Å². The number of carboxylic acid groups (broad SMARTS) is 1. The predicted molar refractivity (Wildman–Crippen MR) is 68.2 cm³/mol. The van der Waals surface area contributed by atoms with Crippen LogP contribution in [0.1, 0.15) is 32.4 Å². The topological polar surface area (TPSA) is 73.7 Å². The summed E-state index contributed by atoms with van der Waals surface area (Å²) in [6, 6.07) is 3.30. The molecule has 1 aromatic heterocycles. The molecule has 1 rings (SSSR count). The first-order valence-electron chi connectivity index (χ1n) is 5.88. The van der Waals surface area contributed by atoms with Crippen LogP contribution in [0.3, 0.4) is 0 Å². The van der Waals surface area contributed by atoms with Crippen LogP contribution in [0.15, 0.2) is 24.5 Å². The zero-order valence-electron chi connectivity index (χ0n) is 11.0. The van der Waals surface area contributed by atoms with E-state index in [1.165, 1.54) is 4.90 Å². The van der Waals surface area contributed by atoms with Crippen LogP contribution in [-0.2, 0) is 0 Å². The first-order valence-corrected chi connectivity index (χ1v) is 5.88. The zero-order valence-corrected chi connectivity index (χ0v) is 11.0. The molecule has 18 heavy (non-hydrogen) atoms. The fourth-order valence-corrected chi connectivity index (χ4v) is 2.13. The molecule has 1 atom stereocenters. The van der Waals surface area contributed by atoms with Gasteiger partial charge in [-0.25, -0.2) is 4.79 Å². The van der Waals surface area contributed by atoms with Crippen LogP contribution in [0.4, 0.5) is 4.79 Å². The predicted octanol–water partition coefficient (Wildman–Crippen LogP) is 2.14. The Bertz CT molecular complexity index is 387. The van der Waals surface area contributed by atoms with E-state index < -0.39 is 6.09 Å². The molecule has 0 radical (unpaired) electrons.